The summed E-state index contributed by atoms with van der Waals surface area (Å²) in [4.78, 5) is 17.6. The Morgan fingerprint density at radius 1 is 1.47 bits per heavy atom. The molecule has 1 heterocycles. The molecule has 1 rings (SSSR count). The number of hydrogen-bond acceptors (Lipinski definition) is 4. The topological polar surface area (TPSA) is 58.4 Å². The zero-order valence-electron chi connectivity index (χ0n) is 9.63. The molecule has 0 aliphatic heterocycles. The molecule has 1 N–H and O–H groups in total. The highest BCUT2D eigenvalue weighted by Crippen LogP contribution is 2.08. The lowest BCUT2D eigenvalue weighted by molar-refractivity contribution is 0.0921. The van der Waals surface area contributed by atoms with Crippen molar-refractivity contribution in [3.63, 3.8) is 0 Å². The van der Waals surface area contributed by atoms with E-state index in [1.807, 2.05) is 19.0 Å². The minimum Gasteiger partial charge on any atom is -0.436 e. The molecule has 5 nitrogen and oxygen atoms in total. The van der Waals surface area contributed by atoms with Crippen LogP contribution < -0.4 is 5.32 Å². The van der Waals surface area contributed by atoms with Crippen molar-refractivity contribution in [2.75, 3.05) is 27.2 Å². The number of carbonyl (C=O) groups is 1. The Bertz CT molecular complexity index is 344. The van der Waals surface area contributed by atoms with E-state index in [1.54, 1.807) is 13.8 Å². The lowest BCUT2D eigenvalue weighted by Crippen LogP contribution is -2.31. The van der Waals surface area contributed by atoms with Crippen LogP contribution in [0.15, 0.2) is 4.42 Å². The van der Waals surface area contributed by atoms with E-state index in [0.29, 0.717) is 23.9 Å². The molecule has 84 valence electrons. The maximum absolute atomic E-state index is 11.6. The van der Waals surface area contributed by atoms with Crippen LogP contribution >= 0.6 is 0 Å². The van der Waals surface area contributed by atoms with Crippen molar-refractivity contribution in [2.45, 2.75) is 13.8 Å². The SMILES string of the molecule is Cc1nc(C)c(C(=O)NCCN(C)C)o1. The van der Waals surface area contributed by atoms with Crippen molar-refractivity contribution < 1.29 is 9.21 Å². The fraction of sp³-hybridized carbons (Fsp3) is 0.600. The first-order chi connectivity index (χ1) is 7.00. The Morgan fingerprint density at radius 3 is 2.60 bits per heavy atom. The van der Waals surface area contributed by atoms with Gasteiger partial charge in [-0.15, -0.1) is 0 Å². The van der Waals surface area contributed by atoms with E-state index >= 15 is 0 Å². The van der Waals surface area contributed by atoms with E-state index in [2.05, 4.69) is 10.3 Å². The minimum absolute atomic E-state index is 0.199. The molecule has 0 aliphatic carbocycles. The quantitative estimate of drug-likeness (QED) is 0.791. The molecule has 0 unspecified atom stereocenters. The summed E-state index contributed by atoms with van der Waals surface area (Å²) in [6, 6.07) is 0. The van der Waals surface area contributed by atoms with E-state index in [1.165, 1.54) is 0 Å². The van der Waals surface area contributed by atoms with Crippen molar-refractivity contribution in [3.05, 3.63) is 17.3 Å². The van der Waals surface area contributed by atoms with Crippen LogP contribution in [0.4, 0.5) is 0 Å². The molecule has 1 aromatic rings. The second-order valence-corrected chi connectivity index (χ2v) is 3.71. The highest BCUT2D eigenvalue weighted by molar-refractivity contribution is 5.92. The standard InChI is InChI=1S/C10H17N3O2/c1-7-9(15-8(2)12-7)10(14)11-5-6-13(3)4/h5-6H2,1-4H3,(H,11,14). The number of oxazole rings is 1. The Morgan fingerprint density at radius 2 is 2.13 bits per heavy atom. The zero-order valence-corrected chi connectivity index (χ0v) is 9.63. The third-order valence-electron chi connectivity index (χ3n) is 1.95. The molecule has 5 heteroatoms. The fourth-order valence-electron chi connectivity index (χ4n) is 1.22. The number of aromatic nitrogens is 1. The number of likely N-dealkylation sites (N-methyl/N-ethyl adjacent to an activating group) is 1. The predicted octanol–water partition coefficient (Wildman–Crippen LogP) is 0.583. The maximum atomic E-state index is 11.6. The largest absolute Gasteiger partial charge is 0.436 e. The summed E-state index contributed by atoms with van der Waals surface area (Å²) in [5, 5.41) is 2.77. The van der Waals surface area contributed by atoms with Gasteiger partial charge in [0.05, 0.1) is 5.69 Å². The summed E-state index contributed by atoms with van der Waals surface area (Å²) in [5.41, 5.74) is 0.634. The molecule has 0 spiro atoms. The summed E-state index contributed by atoms with van der Waals surface area (Å²) in [6.45, 7) is 4.89. The predicted molar refractivity (Wildman–Crippen MR) is 56.9 cm³/mol. The lowest BCUT2D eigenvalue weighted by Gasteiger charge is -2.09. The molecule has 1 amide bonds. The number of nitrogens with one attached hydrogen (secondary N) is 1. The van der Waals surface area contributed by atoms with Gasteiger partial charge in [0.2, 0.25) is 5.76 Å². The van der Waals surface area contributed by atoms with Crippen molar-refractivity contribution in [1.82, 2.24) is 15.2 Å². The zero-order chi connectivity index (χ0) is 11.4. The average Bonchev–Trinajstić information content (AvgIpc) is 2.44. The number of amides is 1. The van der Waals surface area contributed by atoms with Crippen LogP contribution in [0.3, 0.4) is 0 Å². The Kier molecular flexibility index (Phi) is 3.85. The molecular weight excluding hydrogens is 194 g/mol. The molecule has 0 radical (unpaired) electrons. The summed E-state index contributed by atoms with van der Waals surface area (Å²) < 4.78 is 5.20. The van der Waals surface area contributed by atoms with Gasteiger partial charge in [0.25, 0.3) is 5.91 Å². The van der Waals surface area contributed by atoms with E-state index < -0.39 is 0 Å². The van der Waals surface area contributed by atoms with Gasteiger partial charge >= 0.3 is 0 Å². The summed E-state index contributed by atoms with van der Waals surface area (Å²) in [6.07, 6.45) is 0. The summed E-state index contributed by atoms with van der Waals surface area (Å²) in [7, 11) is 3.91. The van der Waals surface area contributed by atoms with Crippen LogP contribution in [0.2, 0.25) is 0 Å². The number of nitrogens with zero attached hydrogens (tertiary/aromatic N) is 2. The molecule has 0 saturated carbocycles. The number of rotatable bonds is 4. The number of aryl methyl sites for hydroxylation is 2. The molecule has 0 atom stereocenters. The van der Waals surface area contributed by atoms with Gasteiger partial charge in [-0.25, -0.2) is 4.98 Å². The summed E-state index contributed by atoms with van der Waals surface area (Å²) >= 11 is 0. The molecule has 0 aliphatic rings. The first-order valence-corrected chi connectivity index (χ1v) is 4.87. The highest BCUT2D eigenvalue weighted by Gasteiger charge is 2.14. The van der Waals surface area contributed by atoms with E-state index in [0.717, 1.165) is 6.54 Å². The van der Waals surface area contributed by atoms with E-state index in [9.17, 15) is 4.79 Å². The number of hydrogen-bond donors (Lipinski definition) is 1. The first-order valence-electron chi connectivity index (χ1n) is 4.87. The maximum Gasteiger partial charge on any atom is 0.289 e. The Labute approximate surface area is 89.5 Å². The second-order valence-electron chi connectivity index (χ2n) is 3.71. The molecule has 1 aromatic heterocycles. The van der Waals surface area contributed by atoms with E-state index in [4.69, 9.17) is 4.42 Å². The van der Waals surface area contributed by atoms with Crippen LogP contribution in [-0.2, 0) is 0 Å². The van der Waals surface area contributed by atoms with Crippen molar-refractivity contribution >= 4 is 5.91 Å². The molecule has 15 heavy (non-hydrogen) atoms. The van der Waals surface area contributed by atoms with Crippen molar-refractivity contribution in [3.8, 4) is 0 Å². The van der Waals surface area contributed by atoms with Gasteiger partial charge in [-0.3, -0.25) is 4.79 Å². The highest BCUT2D eigenvalue weighted by atomic mass is 16.4. The van der Waals surface area contributed by atoms with Crippen LogP contribution in [0.5, 0.6) is 0 Å². The first kappa shape index (κ1) is 11.7. The van der Waals surface area contributed by atoms with Gasteiger partial charge < -0.3 is 14.6 Å². The monoisotopic (exact) mass is 211 g/mol. The molecule has 0 aromatic carbocycles. The molecule has 0 fully saturated rings. The average molecular weight is 211 g/mol. The lowest BCUT2D eigenvalue weighted by atomic mass is 10.3. The smallest absolute Gasteiger partial charge is 0.289 e. The fourth-order valence-corrected chi connectivity index (χ4v) is 1.22. The van der Waals surface area contributed by atoms with Crippen LogP contribution in [0.25, 0.3) is 0 Å². The van der Waals surface area contributed by atoms with Gasteiger partial charge in [-0.1, -0.05) is 0 Å². The Hall–Kier alpha value is -1.36. The normalized spacial score (nSPS) is 10.7. The van der Waals surface area contributed by atoms with Gasteiger partial charge in [0.15, 0.2) is 5.89 Å². The van der Waals surface area contributed by atoms with Gasteiger partial charge in [-0.2, -0.15) is 0 Å². The van der Waals surface area contributed by atoms with Crippen molar-refractivity contribution in [2.24, 2.45) is 0 Å². The minimum atomic E-state index is -0.199. The van der Waals surface area contributed by atoms with Crippen LogP contribution in [0, 0.1) is 13.8 Å². The van der Waals surface area contributed by atoms with Gasteiger partial charge in [-0.05, 0) is 21.0 Å². The van der Waals surface area contributed by atoms with Gasteiger partial charge in [0, 0.05) is 20.0 Å². The molecule has 0 bridgehead atoms. The van der Waals surface area contributed by atoms with Crippen LogP contribution in [0.1, 0.15) is 22.1 Å². The van der Waals surface area contributed by atoms with Crippen LogP contribution in [-0.4, -0.2) is 43.0 Å². The molecule has 0 saturated heterocycles. The number of carbonyl (C=O) groups excluding carboxylic acids is 1. The van der Waals surface area contributed by atoms with Crippen molar-refractivity contribution in [1.29, 1.82) is 0 Å². The van der Waals surface area contributed by atoms with E-state index in [-0.39, 0.29) is 5.91 Å². The third kappa shape index (κ3) is 3.36. The Balaban J connectivity index is 2.50. The molecular formula is C10H17N3O2. The third-order valence-corrected chi connectivity index (χ3v) is 1.95. The summed E-state index contributed by atoms with van der Waals surface area (Å²) in [5.74, 6) is 0.631. The van der Waals surface area contributed by atoms with Gasteiger partial charge in [0.1, 0.15) is 0 Å². The second kappa shape index (κ2) is 4.93.